The molecule has 0 atom stereocenters. The molecule has 2 rings (SSSR count). The van der Waals surface area contributed by atoms with Crippen molar-refractivity contribution in [2.45, 2.75) is 23.5 Å². The van der Waals surface area contributed by atoms with Crippen molar-refractivity contribution >= 4 is 27.3 Å². The average Bonchev–Trinajstić information content (AvgIpc) is 2.60. The second-order valence-electron chi connectivity index (χ2n) is 5.86. The average molecular weight is 382 g/mol. The lowest BCUT2D eigenvalue weighted by Gasteiger charge is -2.24. The van der Waals surface area contributed by atoms with Crippen LogP contribution >= 0.6 is 11.6 Å². The van der Waals surface area contributed by atoms with Crippen molar-refractivity contribution in [1.82, 2.24) is 5.32 Å². The number of nitrogens with one attached hydrogen (secondary N) is 1. The van der Waals surface area contributed by atoms with E-state index in [1.165, 1.54) is 26.0 Å². The van der Waals surface area contributed by atoms with E-state index in [1.807, 2.05) is 0 Å². The van der Waals surface area contributed by atoms with E-state index in [0.29, 0.717) is 10.8 Å². The molecule has 0 radical (unpaired) electrons. The molecular formula is C18H20ClNO4S. The zero-order valence-electron chi connectivity index (χ0n) is 14.0. The summed E-state index contributed by atoms with van der Waals surface area (Å²) in [4.78, 5) is 12.5. The number of ether oxygens (including phenoxy) is 1. The van der Waals surface area contributed by atoms with E-state index in [-0.39, 0.29) is 18.0 Å². The van der Waals surface area contributed by atoms with Gasteiger partial charge >= 0.3 is 0 Å². The lowest BCUT2D eigenvalue weighted by atomic mass is 10.2. The lowest BCUT2D eigenvalue weighted by Crippen LogP contribution is -2.48. The van der Waals surface area contributed by atoms with Crippen molar-refractivity contribution in [2.75, 3.05) is 13.2 Å². The van der Waals surface area contributed by atoms with Gasteiger partial charge in [0.15, 0.2) is 9.84 Å². The van der Waals surface area contributed by atoms with Gasteiger partial charge in [-0.25, -0.2) is 8.42 Å². The fraction of sp³-hybridized carbons (Fsp3) is 0.278. The summed E-state index contributed by atoms with van der Waals surface area (Å²) in [5, 5.41) is 3.08. The van der Waals surface area contributed by atoms with Crippen molar-refractivity contribution in [3.8, 4) is 5.75 Å². The quantitative estimate of drug-likeness (QED) is 0.748. The zero-order valence-corrected chi connectivity index (χ0v) is 15.6. The Morgan fingerprint density at radius 3 is 2.32 bits per heavy atom. The normalized spacial score (nSPS) is 11.8. The van der Waals surface area contributed by atoms with Gasteiger partial charge in [0.1, 0.15) is 17.1 Å². The Balaban J connectivity index is 1.96. The highest BCUT2D eigenvalue weighted by Crippen LogP contribution is 2.25. The van der Waals surface area contributed by atoms with Crippen LogP contribution in [-0.2, 0) is 14.6 Å². The fourth-order valence-electron chi connectivity index (χ4n) is 2.12. The Kier molecular flexibility index (Phi) is 6.08. The number of carbonyl (C=O) groups excluding carboxylic acids is 1. The molecule has 2 aromatic rings. The van der Waals surface area contributed by atoms with Crippen LogP contribution in [0.3, 0.4) is 0 Å². The highest BCUT2D eigenvalue weighted by Gasteiger charge is 2.42. The van der Waals surface area contributed by atoms with E-state index in [0.717, 1.165) is 0 Å². The van der Waals surface area contributed by atoms with Crippen LogP contribution in [0.2, 0.25) is 5.02 Å². The molecule has 5 nitrogen and oxygen atoms in total. The second-order valence-corrected chi connectivity index (χ2v) is 8.77. The van der Waals surface area contributed by atoms with E-state index in [2.05, 4.69) is 5.32 Å². The van der Waals surface area contributed by atoms with Gasteiger partial charge in [0.25, 0.3) is 0 Å². The molecule has 0 fully saturated rings. The summed E-state index contributed by atoms with van der Waals surface area (Å²) in [6.07, 6.45) is 0. The third kappa shape index (κ3) is 4.32. The maximum atomic E-state index is 12.7. The van der Waals surface area contributed by atoms with Gasteiger partial charge in [-0.05, 0) is 38.1 Å². The molecule has 0 heterocycles. The first kappa shape index (κ1) is 19.3. The number of para-hydroxylation sites is 1. The number of benzene rings is 2. The standard InChI is InChI=1S/C18H20ClNO4S/c1-18(2,25(22,23)14-8-4-3-5-9-14)17(21)20-12-13-24-16-11-7-6-10-15(16)19/h3-11H,12-13H2,1-2H3,(H,20,21). The van der Waals surface area contributed by atoms with Crippen LogP contribution in [0.25, 0.3) is 0 Å². The molecule has 7 heteroatoms. The van der Waals surface area contributed by atoms with Crippen LogP contribution in [0, 0.1) is 0 Å². The molecule has 134 valence electrons. The molecule has 25 heavy (non-hydrogen) atoms. The predicted octanol–water partition coefficient (Wildman–Crippen LogP) is 3.09. The second kappa shape index (κ2) is 7.89. The van der Waals surface area contributed by atoms with Crippen molar-refractivity contribution < 1.29 is 17.9 Å². The molecule has 1 amide bonds. The van der Waals surface area contributed by atoms with Gasteiger partial charge in [0.2, 0.25) is 5.91 Å². The van der Waals surface area contributed by atoms with Gasteiger partial charge in [-0.1, -0.05) is 41.9 Å². The van der Waals surface area contributed by atoms with Gasteiger partial charge in [-0.3, -0.25) is 4.79 Å². The summed E-state index contributed by atoms with van der Waals surface area (Å²) in [5.41, 5.74) is 0. The first-order chi connectivity index (χ1) is 11.8. The summed E-state index contributed by atoms with van der Waals surface area (Å²) in [6, 6.07) is 14.9. The molecule has 0 saturated carbocycles. The molecule has 2 aromatic carbocycles. The van der Waals surface area contributed by atoms with Crippen LogP contribution in [0.1, 0.15) is 13.8 Å². The Morgan fingerprint density at radius 1 is 1.08 bits per heavy atom. The molecule has 0 bridgehead atoms. The van der Waals surface area contributed by atoms with Crippen molar-refractivity contribution in [1.29, 1.82) is 0 Å². The van der Waals surface area contributed by atoms with E-state index in [1.54, 1.807) is 42.5 Å². The lowest BCUT2D eigenvalue weighted by molar-refractivity contribution is -0.122. The largest absolute Gasteiger partial charge is 0.490 e. The van der Waals surface area contributed by atoms with Gasteiger partial charge < -0.3 is 10.1 Å². The molecule has 0 spiro atoms. The van der Waals surface area contributed by atoms with Crippen molar-refractivity contribution in [3.63, 3.8) is 0 Å². The molecule has 1 N–H and O–H groups in total. The van der Waals surface area contributed by atoms with Gasteiger partial charge in [0, 0.05) is 0 Å². The van der Waals surface area contributed by atoms with E-state index in [4.69, 9.17) is 16.3 Å². The predicted molar refractivity (Wildman–Crippen MR) is 97.7 cm³/mol. The summed E-state index contributed by atoms with van der Waals surface area (Å²) >= 11 is 5.97. The summed E-state index contributed by atoms with van der Waals surface area (Å²) < 4.78 is 29.2. The molecular weight excluding hydrogens is 362 g/mol. The van der Waals surface area contributed by atoms with Crippen LogP contribution in [0.4, 0.5) is 0 Å². The molecule has 0 aromatic heterocycles. The molecule has 0 aliphatic rings. The van der Waals surface area contributed by atoms with Gasteiger partial charge in [-0.15, -0.1) is 0 Å². The number of hydrogen-bond donors (Lipinski definition) is 1. The maximum Gasteiger partial charge on any atom is 0.241 e. The molecule has 0 aliphatic heterocycles. The smallest absolute Gasteiger partial charge is 0.241 e. The Hall–Kier alpha value is -2.05. The first-order valence-electron chi connectivity index (χ1n) is 7.72. The fourth-order valence-corrected chi connectivity index (χ4v) is 3.73. The minimum atomic E-state index is -3.81. The van der Waals surface area contributed by atoms with Gasteiger partial charge in [0.05, 0.1) is 16.5 Å². The number of carbonyl (C=O) groups is 1. The minimum absolute atomic E-state index is 0.113. The number of halogens is 1. The van der Waals surface area contributed by atoms with Crippen molar-refractivity contribution in [3.05, 3.63) is 59.6 Å². The monoisotopic (exact) mass is 381 g/mol. The summed E-state index contributed by atoms with van der Waals surface area (Å²) in [6.45, 7) is 3.12. The SMILES string of the molecule is CC(C)(C(=O)NCCOc1ccccc1Cl)S(=O)(=O)c1ccccc1. The highest BCUT2D eigenvalue weighted by molar-refractivity contribution is 7.93. The van der Waals surface area contributed by atoms with E-state index < -0.39 is 20.5 Å². The third-order valence-corrected chi connectivity index (χ3v) is 6.49. The maximum absolute atomic E-state index is 12.7. The van der Waals surface area contributed by atoms with Crippen molar-refractivity contribution in [2.24, 2.45) is 0 Å². The van der Waals surface area contributed by atoms with Crippen LogP contribution in [0.15, 0.2) is 59.5 Å². The summed E-state index contributed by atoms with van der Waals surface area (Å²) in [5.74, 6) is -0.0753. The van der Waals surface area contributed by atoms with Gasteiger partial charge in [-0.2, -0.15) is 0 Å². The molecule has 0 aliphatic carbocycles. The van der Waals surface area contributed by atoms with Crippen LogP contribution in [0.5, 0.6) is 5.75 Å². The van der Waals surface area contributed by atoms with Crippen LogP contribution < -0.4 is 10.1 Å². The number of rotatable bonds is 7. The molecule has 0 unspecified atom stereocenters. The first-order valence-corrected chi connectivity index (χ1v) is 9.58. The summed E-state index contributed by atoms with van der Waals surface area (Å²) in [7, 11) is -3.81. The van der Waals surface area contributed by atoms with E-state index in [9.17, 15) is 13.2 Å². The Labute approximate surface area is 152 Å². The topological polar surface area (TPSA) is 72.5 Å². The Morgan fingerprint density at radius 2 is 1.68 bits per heavy atom. The van der Waals surface area contributed by atoms with E-state index >= 15 is 0 Å². The highest BCUT2D eigenvalue weighted by atomic mass is 35.5. The third-order valence-electron chi connectivity index (χ3n) is 3.75. The van der Waals surface area contributed by atoms with Crippen LogP contribution in [-0.4, -0.2) is 32.2 Å². The zero-order chi connectivity index (χ0) is 18.5. The number of amides is 1. The number of hydrogen-bond acceptors (Lipinski definition) is 4. The Bertz CT molecular complexity index is 835. The molecule has 0 saturated heterocycles. The minimum Gasteiger partial charge on any atom is -0.490 e. The number of sulfone groups is 1.